The number of carboxylic acids is 1. The van der Waals surface area contributed by atoms with E-state index in [1.807, 2.05) is 0 Å². The molecule has 1 atom stereocenters. The van der Waals surface area contributed by atoms with E-state index in [-0.39, 0.29) is 18.5 Å². The van der Waals surface area contributed by atoms with Crippen LogP contribution < -0.4 is 0 Å². The summed E-state index contributed by atoms with van der Waals surface area (Å²) in [6.07, 6.45) is 52.5. The summed E-state index contributed by atoms with van der Waals surface area (Å²) in [5, 5.41) is 8.84. The predicted molar refractivity (Wildman–Crippen MR) is 218 cm³/mol. The Bertz CT molecular complexity index is 717. The van der Waals surface area contributed by atoms with Crippen LogP contribution in [-0.2, 0) is 14.3 Å². The number of carbonyl (C=O) groups excluding carboxylic acids is 1. The lowest BCUT2D eigenvalue weighted by molar-refractivity contribution is -0.150. The van der Waals surface area contributed by atoms with Crippen molar-refractivity contribution in [3.8, 4) is 0 Å². The first-order valence-corrected chi connectivity index (χ1v) is 22.7. The quantitative estimate of drug-likeness (QED) is 0.0390. The van der Waals surface area contributed by atoms with Crippen molar-refractivity contribution in [1.82, 2.24) is 0 Å². The van der Waals surface area contributed by atoms with Crippen LogP contribution in [0, 0.1) is 0 Å². The zero-order valence-electron chi connectivity index (χ0n) is 34.0. The van der Waals surface area contributed by atoms with E-state index in [1.165, 1.54) is 167 Å². The summed E-state index contributed by atoms with van der Waals surface area (Å²) in [6.45, 7) is 4.57. The summed E-state index contributed by atoms with van der Waals surface area (Å²) in [4.78, 5) is 23.5. The maximum Gasteiger partial charge on any atom is 0.306 e. The molecule has 0 amide bonds. The number of hydrogen-bond acceptors (Lipinski definition) is 3. The number of unbranched alkanes of at least 4 members (excludes halogenated alkanes) is 31. The summed E-state index contributed by atoms with van der Waals surface area (Å²) in [6, 6.07) is 0. The van der Waals surface area contributed by atoms with Crippen molar-refractivity contribution in [2.24, 2.45) is 0 Å². The summed E-state index contributed by atoms with van der Waals surface area (Å²) in [5.74, 6) is -0.697. The number of allylic oxidation sites excluding steroid dienone is 2. The number of hydrogen-bond donors (Lipinski definition) is 1. The van der Waals surface area contributed by atoms with Crippen molar-refractivity contribution in [3.05, 3.63) is 12.2 Å². The Morgan fingerprint density at radius 1 is 0.420 bits per heavy atom. The third-order valence-corrected chi connectivity index (χ3v) is 10.5. The molecule has 0 aromatic carbocycles. The molecule has 0 aliphatic heterocycles. The molecule has 0 saturated carbocycles. The Morgan fingerprint density at radius 3 is 1.10 bits per heavy atom. The topological polar surface area (TPSA) is 63.6 Å². The molecule has 4 nitrogen and oxygen atoms in total. The van der Waals surface area contributed by atoms with Crippen LogP contribution >= 0.6 is 0 Å². The van der Waals surface area contributed by atoms with Crippen LogP contribution in [0.15, 0.2) is 12.2 Å². The fraction of sp³-hybridized carbons (Fsp3) is 0.913. The van der Waals surface area contributed by atoms with Crippen molar-refractivity contribution < 1.29 is 19.4 Å². The second-order valence-corrected chi connectivity index (χ2v) is 15.6. The van der Waals surface area contributed by atoms with E-state index in [4.69, 9.17) is 9.84 Å². The van der Waals surface area contributed by atoms with E-state index in [2.05, 4.69) is 26.0 Å². The van der Waals surface area contributed by atoms with Gasteiger partial charge >= 0.3 is 11.9 Å². The van der Waals surface area contributed by atoms with E-state index in [9.17, 15) is 9.59 Å². The third kappa shape index (κ3) is 41.1. The van der Waals surface area contributed by atoms with Gasteiger partial charge in [0.05, 0.1) is 0 Å². The molecule has 0 spiro atoms. The van der Waals surface area contributed by atoms with Gasteiger partial charge in [-0.2, -0.15) is 0 Å². The molecular formula is C46H88O4. The fourth-order valence-corrected chi connectivity index (χ4v) is 7.12. The number of carboxylic acid groups (broad SMARTS) is 1. The minimum Gasteiger partial charge on any atom is -0.481 e. The highest BCUT2D eigenvalue weighted by Gasteiger charge is 2.14. The molecule has 4 heteroatoms. The monoisotopic (exact) mass is 705 g/mol. The Hall–Kier alpha value is -1.32. The van der Waals surface area contributed by atoms with Crippen molar-refractivity contribution in [3.63, 3.8) is 0 Å². The van der Waals surface area contributed by atoms with Crippen molar-refractivity contribution in [2.75, 3.05) is 0 Å². The number of carbonyl (C=O) groups is 2. The Kier molecular flexibility index (Phi) is 41.0. The van der Waals surface area contributed by atoms with Crippen LogP contribution in [0.5, 0.6) is 0 Å². The highest BCUT2D eigenvalue weighted by atomic mass is 16.5. The van der Waals surface area contributed by atoms with Crippen LogP contribution in [-0.4, -0.2) is 23.1 Å². The number of aliphatic carboxylic acids is 1. The molecule has 50 heavy (non-hydrogen) atoms. The molecule has 296 valence electrons. The molecule has 0 aliphatic rings. The lowest BCUT2D eigenvalue weighted by Gasteiger charge is -2.18. The van der Waals surface area contributed by atoms with Gasteiger partial charge in [-0.3, -0.25) is 9.59 Å². The van der Waals surface area contributed by atoms with Crippen LogP contribution in [0.25, 0.3) is 0 Å². The first-order valence-electron chi connectivity index (χ1n) is 22.7. The highest BCUT2D eigenvalue weighted by Crippen LogP contribution is 2.19. The molecular weight excluding hydrogens is 617 g/mol. The molecule has 0 bridgehead atoms. The third-order valence-electron chi connectivity index (χ3n) is 10.5. The van der Waals surface area contributed by atoms with Gasteiger partial charge in [-0.1, -0.05) is 199 Å². The average Bonchev–Trinajstić information content (AvgIpc) is 3.10. The zero-order chi connectivity index (χ0) is 36.4. The number of ether oxygens (including phenoxy) is 1. The SMILES string of the molecule is CCCCCCCCCC/C=C\CCCCCC(CCCCCCCC(=O)O)OC(=O)CCCCCCCCCCCCCCCCCCC. The maximum atomic E-state index is 12.7. The summed E-state index contributed by atoms with van der Waals surface area (Å²) in [5.41, 5.74) is 0. The van der Waals surface area contributed by atoms with Gasteiger partial charge in [0.1, 0.15) is 6.10 Å². The van der Waals surface area contributed by atoms with E-state index < -0.39 is 5.97 Å². The molecule has 0 heterocycles. The van der Waals surface area contributed by atoms with Crippen molar-refractivity contribution >= 4 is 11.9 Å². The average molecular weight is 705 g/mol. The zero-order valence-corrected chi connectivity index (χ0v) is 34.0. The van der Waals surface area contributed by atoms with Crippen LogP contribution in [0.4, 0.5) is 0 Å². The maximum absolute atomic E-state index is 12.7. The Balaban J connectivity index is 3.98. The van der Waals surface area contributed by atoms with Crippen LogP contribution in [0.3, 0.4) is 0 Å². The van der Waals surface area contributed by atoms with Gasteiger partial charge in [0, 0.05) is 12.8 Å². The molecule has 0 saturated heterocycles. The molecule has 0 aromatic rings. The second-order valence-electron chi connectivity index (χ2n) is 15.6. The van der Waals surface area contributed by atoms with Gasteiger partial charge in [-0.05, 0) is 64.2 Å². The Labute approximate surface area is 313 Å². The molecule has 0 aromatic heterocycles. The van der Waals surface area contributed by atoms with Gasteiger partial charge in [0.2, 0.25) is 0 Å². The van der Waals surface area contributed by atoms with Crippen LogP contribution in [0.2, 0.25) is 0 Å². The summed E-state index contributed by atoms with van der Waals surface area (Å²) in [7, 11) is 0. The smallest absolute Gasteiger partial charge is 0.306 e. The summed E-state index contributed by atoms with van der Waals surface area (Å²) < 4.78 is 6.03. The van der Waals surface area contributed by atoms with Crippen molar-refractivity contribution in [2.45, 2.75) is 270 Å². The van der Waals surface area contributed by atoms with Gasteiger partial charge in [0.25, 0.3) is 0 Å². The van der Waals surface area contributed by atoms with E-state index in [1.54, 1.807) is 0 Å². The van der Waals surface area contributed by atoms with E-state index in [0.717, 1.165) is 70.6 Å². The number of esters is 1. The lowest BCUT2D eigenvalue weighted by atomic mass is 10.0. The first-order chi connectivity index (χ1) is 24.6. The van der Waals surface area contributed by atoms with E-state index >= 15 is 0 Å². The van der Waals surface area contributed by atoms with E-state index in [0.29, 0.717) is 6.42 Å². The standard InChI is InChI=1S/C46H88O4/c1-3-5-7-9-11-13-15-17-19-20-22-24-26-28-30-35-39-43-46(49)50-44(41-37-33-31-34-38-42-45(47)48)40-36-32-29-27-25-23-21-18-16-14-12-10-8-6-4-2/h23,25,44H,3-22,24,26-43H2,1-2H3,(H,47,48)/b25-23-. The molecule has 1 unspecified atom stereocenters. The van der Waals surface area contributed by atoms with Crippen molar-refractivity contribution in [1.29, 1.82) is 0 Å². The minimum absolute atomic E-state index is 0.00121. The van der Waals surface area contributed by atoms with Gasteiger partial charge < -0.3 is 9.84 Å². The lowest BCUT2D eigenvalue weighted by Crippen LogP contribution is -2.18. The van der Waals surface area contributed by atoms with Crippen LogP contribution in [0.1, 0.15) is 264 Å². The molecule has 0 fully saturated rings. The number of rotatable bonds is 42. The first kappa shape index (κ1) is 48.7. The molecule has 0 aliphatic carbocycles. The summed E-state index contributed by atoms with van der Waals surface area (Å²) >= 11 is 0. The largest absolute Gasteiger partial charge is 0.481 e. The van der Waals surface area contributed by atoms with Gasteiger partial charge in [-0.25, -0.2) is 0 Å². The minimum atomic E-state index is -0.699. The molecule has 0 radical (unpaired) electrons. The van der Waals surface area contributed by atoms with Gasteiger partial charge in [-0.15, -0.1) is 0 Å². The predicted octanol–water partition coefficient (Wildman–Crippen LogP) is 15.8. The molecule has 1 N–H and O–H groups in total. The Morgan fingerprint density at radius 2 is 0.720 bits per heavy atom. The van der Waals surface area contributed by atoms with Gasteiger partial charge in [0.15, 0.2) is 0 Å². The normalized spacial score (nSPS) is 12.2. The highest BCUT2D eigenvalue weighted by molar-refractivity contribution is 5.69. The molecule has 0 rings (SSSR count). The fourth-order valence-electron chi connectivity index (χ4n) is 7.12. The second kappa shape index (κ2) is 42.1.